The number of hydrogen-bond acceptors (Lipinski definition) is 4. The normalized spacial score (nSPS) is 14.2. The van der Waals surface area contributed by atoms with Gasteiger partial charge in [-0.05, 0) is 25.5 Å². The fraction of sp³-hybridized carbons (Fsp3) is 0.429. The minimum absolute atomic E-state index is 0.0768. The number of hydrogen-bond donors (Lipinski definition) is 3. The maximum atomic E-state index is 11.4. The third kappa shape index (κ3) is 2.91. The highest BCUT2D eigenvalue weighted by Crippen LogP contribution is 2.19. The van der Waals surface area contributed by atoms with Gasteiger partial charge in [0.1, 0.15) is 5.65 Å². The van der Waals surface area contributed by atoms with E-state index in [4.69, 9.17) is 0 Å². The molecule has 6 nitrogen and oxygen atoms in total. The van der Waals surface area contributed by atoms with Crippen LogP contribution in [0.4, 0.5) is 5.82 Å². The molecule has 108 valence electrons. The lowest BCUT2D eigenvalue weighted by molar-refractivity contribution is 0.0629. The van der Waals surface area contributed by atoms with Gasteiger partial charge in [-0.3, -0.25) is 4.40 Å². The van der Waals surface area contributed by atoms with Gasteiger partial charge in [0.25, 0.3) is 0 Å². The summed E-state index contributed by atoms with van der Waals surface area (Å²) in [5.74, 6) is -0.776. The van der Waals surface area contributed by atoms with Crippen molar-refractivity contribution in [2.24, 2.45) is 0 Å². The molecular formula is C14H19N3O3. The van der Waals surface area contributed by atoms with Crippen molar-refractivity contribution in [1.82, 2.24) is 9.38 Å². The molecule has 2 rings (SSSR count). The number of aromatic nitrogens is 2. The third-order valence-electron chi connectivity index (χ3n) is 3.16. The molecule has 0 aliphatic carbocycles. The van der Waals surface area contributed by atoms with Crippen molar-refractivity contribution in [3.63, 3.8) is 0 Å². The highest BCUT2D eigenvalue weighted by atomic mass is 16.4. The number of carboxylic acids is 1. The molecule has 0 aliphatic heterocycles. The van der Waals surface area contributed by atoms with Gasteiger partial charge in [0, 0.05) is 12.7 Å². The number of imidazole rings is 1. The molecule has 3 N–H and O–H groups in total. The van der Waals surface area contributed by atoms with Gasteiger partial charge in [0.15, 0.2) is 11.5 Å². The Bertz CT molecular complexity index is 619. The van der Waals surface area contributed by atoms with Crippen LogP contribution in [-0.4, -0.2) is 37.7 Å². The van der Waals surface area contributed by atoms with E-state index in [9.17, 15) is 15.0 Å². The molecule has 1 atom stereocenters. The number of pyridine rings is 1. The molecule has 0 bridgehead atoms. The van der Waals surface area contributed by atoms with Crippen LogP contribution in [0.5, 0.6) is 0 Å². The van der Waals surface area contributed by atoms with Gasteiger partial charge in [-0.1, -0.05) is 19.4 Å². The molecule has 0 saturated heterocycles. The zero-order valence-electron chi connectivity index (χ0n) is 11.6. The van der Waals surface area contributed by atoms with Gasteiger partial charge in [-0.25, -0.2) is 9.78 Å². The molecule has 0 saturated carbocycles. The second kappa shape index (κ2) is 5.50. The van der Waals surface area contributed by atoms with Crippen LogP contribution in [0.1, 0.15) is 37.2 Å². The third-order valence-corrected chi connectivity index (χ3v) is 3.16. The lowest BCUT2D eigenvalue weighted by Gasteiger charge is -2.22. The Labute approximate surface area is 117 Å². The molecule has 0 radical (unpaired) electrons. The Morgan fingerprint density at radius 3 is 2.90 bits per heavy atom. The van der Waals surface area contributed by atoms with Crippen molar-refractivity contribution in [2.45, 2.75) is 32.3 Å². The molecule has 2 aromatic heterocycles. The summed E-state index contributed by atoms with van der Waals surface area (Å²) in [4.78, 5) is 15.6. The Hall–Kier alpha value is -2.08. The van der Waals surface area contributed by atoms with E-state index in [2.05, 4.69) is 10.3 Å². The predicted octanol–water partition coefficient (Wildman–Crippen LogP) is 2.00. The standard InChI is InChI=1S/C14H19N3O3/c1-3-7-14(2,20)9-15-12-11(13(18)19)17-8-5-4-6-10(17)16-12/h4-6,8,15,20H,3,7,9H2,1-2H3,(H,18,19). The number of carboxylic acid groups (broad SMARTS) is 1. The maximum Gasteiger partial charge on any atom is 0.356 e. The summed E-state index contributed by atoms with van der Waals surface area (Å²) in [6.07, 6.45) is 3.14. The van der Waals surface area contributed by atoms with Crippen molar-refractivity contribution in [3.8, 4) is 0 Å². The van der Waals surface area contributed by atoms with Gasteiger partial charge in [-0.15, -0.1) is 0 Å². The zero-order valence-corrected chi connectivity index (χ0v) is 11.6. The fourth-order valence-electron chi connectivity index (χ4n) is 2.22. The summed E-state index contributed by atoms with van der Waals surface area (Å²) in [6.45, 7) is 3.97. The van der Waals surface area contributed by atoms with Crippen molar-refractivity contribution in [2.75, 3.05) is 11.9 Å². The minimum atomic E-state index is -1.05. The Morgan fingerprint density at radius 2 is 2.25 bits per heavy atom. The van der Waals surface area contributed by atoms with Crippen molar-refractivity contribution < 1.29 is 15.0 Å². The molecule has 2 heterocycles. The Balaban J connectivity index is 2.30. The van der Waals surface area contributed by atoms with E-state index in [1.165, 1.54) is 4.40 Å². The van der Waals surface area contributed by atoms with E-state index in [1.807, 2.05) is 6.92 Å². The topological polar surface area (TPSA) is 86.9 Å². The number of nitrogens with zero attached hydrogens (tertiary/aromatic N) is 2. The summed E-state index contributed by atoms with van der Waals surface area (Å²) in [7, 11) is 0. The van der Waals surface area contributed by atoms with Crippen LogP contribution in [0, 0.1) is 0 Å². The number of aliphatic hydroxyl groups is 1. The predicted molar refractivity (Wildman–Crippen MR) is 76.2 cm³/mol. The minimum Gasteiger partial charge on any atom is -0.476 e. The average molecular weight is 277 g/mol. The molecule has 0 aromatic carbocycles. The molecule has 0 aliphatic rings. The SMILES string of the molecule is CCCC(C)(O)CNc1nc2ccccn2c1C(=O)O. The van der Waals surface area contributed by atoms with Crippen LogP contribution in [0.25, 0.3) is 5.65 Å². The first-order valence-corrected chi connectivity index (χ1v) is 6.61. The van der Waals surface area contributed by atoms with E-state index < -0.39 is 11.6 Å². The average Bonchev–Trinajstić information content (AvgIpc) is 2.74. The summed E-state index contributed by atoms with van der Waals surface area (Å²) in [5.41, 5.74) is -0.254. The van der Waals surface area contributed by atoms with Crippen molar-refractivity contribution >= 4 is 17.4 Å². The summed E-state index contributed by atoms with van der Waals surface area (Å²) < 4.78 is 1.51. The molecule has 6 heteroatoms. The Morgan fingerprint density at radius 1 is 1.50 bits per heavy atom. The maximum absolute atomic E-state index is 11.4. The van der Waals surface area contributed by atoms with Crippen LogP contribution < -0.4 is 5.32 Å². The highest BCUT2D eigenvalue weighted by molar-refractivity contribution is 5.92. The summed E-state index contributed by atoms with van der Waals surface area (Å²) in [6, 6.07) is 5.28. The van der Waals surface area contributed by atoms with Crippen LogP contribution in [0.3, 0.4) is 0 Å². The van der Waals surface area contributed by atoms with E-state index in [1.54, 1.807) is 31.3 Å². The quantitative estimate of drug-likeness (QED) is 0.751. The number of nitrogens with one attached hydrogen (secondary N) is 1. The van der Waals surface area contributed by atoms with Gasteiger partial charge >= 0.3 is 5.97 Å². The monoisotopic (exact) mass is 277 g/mol. The van der Waals surface area contributed by atoms with Gasteiger partial charge in [0.2, 0.25) is 0 Å². The van der Waals surface area contributed by atoms with E-state index in [-0.39, 0.29) is 18.1 Å². The Kier molecular flexibility index (Phi) is 3.94. The van der Waals surface area contributed by atoms with E-state index in [0.29, 0.717) is 12.1 Å². The number of anilines is 1. The lowest BCUT2D eigenvalue weighted by Crippen LogP contribution is -2.33. The van der Waals surface area contributed by atoms with E-state index in [0.717, 1.165) is 6.42 Å². The lowest BCUT2D eigenvalue weighted by atomic mass is 10.0. The smallest absolute Gasteiger partial charge is 0.356 e. The molecule has 2 aromatic rings. The number of aromatic carboxylic acids is 1. The number of carbonyl (C=O) groups is 1. The number of rotatable bonds is 6. The molecule has 0 fully saturated rings. The summed E-state index contributed by atoms with van der Waals surface area (Å²) >= 11 is 0. The molecule has 0 amide bonds. The second-order valence-corrected chi connectivity index (χ2v) is 5.14. The second-order valence-electron chi connectivity index (χ2n) is 5.14. The van der Waals surface area contributed by atoms with Crippen LogP contribution in [0.15, 0.2) is 24.4 Å². The first-order valence-electron chi connectivity index (χ1n) is 6.61. The van der Waals surface area contributed by atoms with Gasteiger partial charge in [-0.2, -0.15) is 0 Å². The van der Waals surface area contributed by atoms with Crippen LogP contribution in [0.2, 0.25) is 0 Å². The van der Waals surface area contributed by atoms with E-state index >= 15 is 0 Å². The summed E-state index contributed by atoms with van der Waals surface area (Å²) in [5, 5.41) is 22.4. The van der Waals surface area contributed by atoms with Gasteiger partial charge < -0.3 is 15.5 Å². The first-order chi connectivity index (χ1) is 9.44. The molecule has 20 heavy (non-hydrogen) atoms. The van der Waals surface area contributed by atoms with Crippen LogP contribution >= 0.6 is 0 Å². The zero-order chi connectivity index (χ0) is 14.8. The molecular weight excluding hydrogens is 258 g/mol. The fourth-order valence-corrected chi connectivity index (χ4v) is 2.22. The van der Waals surface area contributed by atoms with Crippen molar-refractivity contribution in [3.05, 3.63) is 30.1 Å². The number of fused-ring (bicyclic) bond motifs is 1. The largest absolute Gasteiger partial charge is 0.476 e. The highest BCUT2D eigenvalue weighted by Gasteiger charge is 2.23. The first kappa shape index (κ1) is 14.3. The van der Waals surface area contributed by atoms with Gasteiger partial charge in [0.05, 0.1) is 5.60 Å². The molecule has 1 unspecified atom stereocenters. The molecule has 0 spiro atoms. The van der Waals surface area contributed by atoms with Crippen molar-refractivity contribution in [1.29, 1.82) is 0 Å². The van der Waals surface area contributed by atoms with Crippen LogP contribution in [-0.2, 0) is 0 Å².